The molecule has 2 heterocycles. The van der Waals surface area contributed by atoms with Gasteiger partial charge in [-0.3, -0.25) is 4.79 Å². The lowest BCUT2D eigenvalue weighted by molar-refractivity contribution is -0.138. The molecule has 0 N–H and O–H groups in total. The monoisotopic (exact) mass is 406 g/mol. The molecule has 27 heavy (non-hydrogen) atoms. The number of likely N-dealkylation sites (N-methyl/N-ethyl adjacent to an activating group) is 1. The van der Waals surface area contributed by atoms with Gasteiger partial charge in [-0.05, 0) is 36.8 Å². The van der Waals surface area contributed by atoms with Gasteiger partial charge in [0.2, 0.25) is 15.9 Å². The normalized spacial score (nSPS) is 17.6. The van der Waals surface area contributed by atoms with Gasteiger partial charge in [-0.15, -0.1) is 11.3 Å². The van der Waals surface area contributed by atoms with Gasteiger partial charge in [-0.1, -0.05) is 36.4 Å². The number of hydrogen-bond donors (Lipinski definition) is 0. The number of piperidine rings is 1. The van der Waals surface area contributed by atoms with Crippen LogP contribution in [0.25, 0.3) is 0 Å². The summed E-state index contributed by atoms with van der Waals surface area (Å²) >= 11 is 1.64. The number of amides is 1. The van der Waals surface area contributed by atoms with E-state index < -0.39 is 15.4 Å². The molecular weight excluding hydrogens is 380 g/mol. The summed E-state index contributed by atoms with van der Waals surface area (Å²) in [5, 5.41) is 2.01. The van der Waals surface area contributed by atoms with Gasteiger partial charge >= 0.3 is 0 Å². The molecule has 0 spiro atoms. The van der Waals surface area contributed by atoms with E-state index in [0.29, 0.717) is 32.5 Å². The van der Waals surface area contributed by atoms with Crippen molar-refractivity contribution in [2.24, 2.45) is 0 Å². The van der Waals surface area contributed by atoms with Crippen LogP contribution in [0.1, 0.15) is 30.2 Å². The highest BCUT2D eigenvalue weighted by Gasteiger charge is 2.45. The van der Waals surface area contributed by atoms with E-state index >= 15 is 0 Å². The van der Waals surface area contributed by atoms with Crippen molar-refractivity contribution in [2.75, 3.05) is 25.9 Å². The Hall–Kier alpha value is -1.70. The lowest BCUT2D eigenvalue weighted by atomic mass is 9.72. The molecule has 0 aliphatic carbocycles. The van der Waals surface area contributed by atoms with E-state index in [1.807, 2.05) is 54.9 Å². The van der Waals surface area contributed by atoms with Crippen LogP contribution < -0.4 is 0 Å². The molecule has 2 aromatic rings. The van der Waals surface area contributed by atoms with Crippen LogP contribution >= 0.6 is 11.3 Å². The zero-order chi connectivity index (χ0) is 19.5. The van der Waals surface area contributed by atoms with Gasteiger partial charge in [-0.2, -0.15) is 0 Å². The number of rotatable bonds is 6. The molecule has 0 unspecified atom stereocenters. The summed E-state index contributed by atoms with van der Waals surface area (Å²) in [5.41, 5.74) is 0.300. The van der Waals surface area contributed by atoms with Crippen LogP contribution in [0.5, 0.6) is 0 Å². The molecule has 0 atom stereocenters. The lowest BCUT2D eigenvalue weighted by Gasteiger charge is -2.42. The van der Waals surface area contributed by atoms with Crippen LogP contribution in [0.2, 0.25) is 0 Å². The standard InChI is InChI=1S/C20H26N2O3S2/c1-3-27(24,25)22-13-11-20(12-14-22,17-8-5-4-6-9-17)19(23)21(2)16-18-10-7-15-26-18/h4-10,15H,3,11-14,16H2,1-2H3. The highest BCUT2D eigenvalue weighted by molar-refractivity contribution is 7.89. The number of sulfonamides is 1. The topological polar surface area (TPSA) is 57.7 Å². The number of nitrogens with zero attached hydrogens (tertiary/aromatic N) is 2. The zero-order valence-electron chi connectivity index (χ0n) is 15.8. The van der Waals surface area contributed by atoms with Crippen LogP contribution in [0.3, 0.4) is 0 Å². The molecule has 146 valence electrons. The fourth-order valence-corrected chi connectivity index (χ4v) is 5.65. The highest BCUT2D eigenvalue weighted by Crippen LogP contribution is 2.38. The second-order valence-corrected chi connectivity index (χ2v) is 10.3. The Bertz CT molecular complexity index is 856. The van der Waals surface area contributed by atoms with E-state index in [9.17, 15) is 13.2 Å². The van der Waals surface area contributed by atoms with E-state index in [-0.39, 0.29) is 11.7 Å². The third-order valence-electron chi connectivity index (χ3n) is 5.39. The largest absolute Gasteiger partial charge is 0.340 e. The number of hydrogen-bond acceptors (Lipinski definition) is 4. The fourth-order valence-electron chi connectivity index (χ4n) is 3.79. The summed E-state index contributed by atoms with van der Waals surface area (Å²) in [6.07, 6.45) is 1.01. The molecule has 0 radical (unpaired) electrons. The van der Waals surface area contributed by atoms with Crippen molar-refractivity contribution in [1.82, 2.24) is 9.21 Å². The van der Waals surface area contributed by atoms with E-state index in [1.54, 1.807) is 23.2 Å². The van der Waals surface area contributed by atoms with Gasteiger partial charge < -0.3 is 4.90 Å². The summed E-state index contributed by atoms with van der Waals surface area (Å²) < 4.78 is 26.0. The van der Waals surface area contributed by atoms with Gasteiger partial charge in [0.1, 0.15) is 0 Å². The van der Waals surface area contributed by atoms with Crippen LogP contribution in [0.15, 0.2) is 47.8 Å². The number of carbonyl (C=O) groups is 1. The zero-order valence-corrected chi connectivity index (χ0v) is 17.4. The minimum atomic E-state index is -3.23. The van der Waals surface area contributed by atoms with Gasteiger partial charge in [0.15, 0.2) is 0 Å². The smallest absolute Gasteiger partial charge is 0.233 e. The molecule has 0 saturated carbocycles. The Morgan fingerprint density at radius 1 is 1.15 bits per heavy atom. The molecule has 7 heteroatoms. The van der Waals surface area contributed by atoms with Gasteiger partial charge in [-0.25, -0.2) is 12.7 Å². The predicted molar refractivity (Wildman–Crippen MR) is 109 cm³/mol. The quantitative estimate of drug-likeness (QED) is 0.741. The fraction of sp³-hybridized carbons (Fsp3) is 0.450. The Morgan fingerprint density at radius 2 is 1.81 bits per heavy atom. The van der Waals surface area contributed by atoms with Crippen LogP contribution in [0, 0.1) is 0 Å². The molecule has 1 aromatic heterocycles. The summed E-state index contributed by atoms with van der Waals surface area (Å²) in [6, 6.07) is 13.8. The molecule has 1 aliphatic rings. The Kier molecular flexibility index (Phi) is 6.03. The molecule has 1 aromatic carbocycles. The summed E-state index contributed by atoms with van der Waals surface area (Å²) in [6.45, 7) is 2.99. The molecule has 3 rings (SSSR count). The molecule has 1 fully saturated rings. The van der Waals surface area contributed by atoms with Crippen molar-refractivity contribution >= 4 is 27.3 Å². The lowest BCUT2D eigenvalue weighted by Crippen LogP contribution is -2.53. The predicted octanol–water partition coefficient (Wildman–Crippen LogP) is 3.09. The van der Waals surface area contributed by atoms with Gasteiger partial charge in [0.25, 0.3) is 0 Å². The van der Waals surface area contributed by atoms with Gasteiger partial charge in [0, 0.05) is 25.0 Å². The Morgan fingerprint density at radius 3 is 2.37 bits per heavy atom. The third kappa shape index (κ3) is 4.10. The van der Waals surface area contributed by atoms with Gasteiger partial charge in [0.05, 0.1) is 17.7 Å². The summed E-state index contributed by atoms with van der Waals surface area (Å²) in [4.78, 5) is 16.5. The number of benzene rings is 1. The minimum absolute atomic E-state index is 0.0654. The van der Waals surface area contributed by atoms with Crippen LogP contribution in [-0.2, 0) is 26.8 Å². The first kappa shape index (κ1) is 20.0. The van der Waals surface area contributed by atoms with Crippen molar-refractivity contribution in [3.63, 3.8) is 0 Å². The molecule has 0 bridgehead atoms. The van der Waals surface area contributed by atoms with Crippen molar-refractivity contribution in [3.8, 4) is 0 Å². The molecular formula is C20H26N2O3S2. The maximum atomic E-state index is 13.5. The summed E-state index contributed by atoms with van der Waals surface area (Å²) in [5.74, 6) is 0.160. The van der Waals surface area contributed by atoms with Crippen molar-refractivity contribution in [1.29, 1.82) is 0 Å². The number of carbonyl (C=O) groups excluding carboxylic acids is 1. The first-order valence-corrected chi connectivity index (χ1v) is 11.7. The SMILES string of the molecule is CCS(=O)(=O)N1CCC(C(=O)N(C)Cc2cccs2)(c2ccccc2)CC1. The molecule has 1 amide bonds. The van der Waals surface area contributed by atoms with E-state index in [1.165, 1.54) is 4.31 Å². The minimum Gasteiger partial charge on any atom is -0.340 e. The second kappa shape index (κ2) is 8.12. The maximum Gasteiger partial charge on any atom is 0.233 e. The Labute approximate surface area is 165 Å². The average Bonchev–Trinajstić information content (AvgIpc) is 3.21. The Balaban J connectivity index is 1.87. The average molecular weight is 407 g/mol. The maximum absolute atomic E-state index is 13.5. The molecule has 1 saturated heterocycles. The van der Waals surface area contributed by atoms with Crippen LogP contribution in [0.4, 0.5) is 0 Å². The van der Waals surface area contributed by atoms with E-state index in [0.717, 1.165) is 10.4 Å². The molecule has 1 aliphatic heterocycles. The van der Waals surface area contributed by atoms with E-state index in [4.69, 9.17) is 0 Å². The first-order chi connectivity index (χ1) is 12.9. The van der Waals surface area contributed by atoms with Crippen molar-refractivity contribution in [2.45, 2.75) is 31.7 Å². The third-order valence-corrected chi connectivity index (χ3v) is 8.13. The summed E-state index contributed by atoms with van der Waals surface area (Å²) in [7, 11) is -1.40. The first-order valence-electron chi connectivity index (χ1n) is 9.20. The van der Waals surface area contributed by atoms with Crippen molar-refractivity contribution < 1.29 is 13.2 Å². The second-order valence-electron chi connectivity index (χ2n) is 6.99. The van der Waals surface area contributed by atoms with Crippen molar-refractivity contribution in [3.05, 3.63) is 58.3 Å². The van der Waals surface area contributed by atoms with Crippen LogP contribution in [-0.4, -0.2) is 49.4 Å². The number of thiophene rings is 1. The highest BCUT2D eigenvalue weighted by atomic mass is 32.2. The van der Waals surface area contributed by atoms with E-state index in [2.05, 4.69) is 0 Å². The molecule has 5 nitrogen and oxygen atoms in total.